The lowest BCUT2D eigenvalue weighted by Gasteiger charge is -2.37. The minimum Gasteiger partial charge on any atom is -0.366 e. The van der Waals surface area contributed by atoms with Gasteiger partial charge in [0.05, 0.1) is 17.2 Å². The van der Waals surface area contributed by atoms with Gasteiger partial charge in [-0.15, -0.1) is 0 Å². The molecule has 25 heavy (non-hydrogen) atoms. The second-order valence-electron chi connectivity index (χ2n) is 5.90. The van der Waals surface area contributed by atoms with Gasteiger partial charge in [-0.25, -0.2) is 4.98 Å². The van der Waals surface area contributed by atoms with Crippen LogP contribution in [0.3, 0.4) is 0 Å². The van der Waals surface area contributed by atoms with Crippen LogP contribution in [0, 0.1) is 0 Å². The van der Waals surface area contributed by atoms with Gasteiger partial charge in [-0.1, -0.05) is 11.6 Å². The second kappa shape index (κ2) is 7.35. The number of hydrogen-bond acceptors (Lipinski definition) is 5. The van der Waals surface area contributed by atoms with Gasteiger partial charge in [-0.05, 0) is 6.07 Å². The minimum absolute atomic E-state index is 0.0468. The summed E-state index contributed by atoms with van der Waals surface area (Å²) in [4.78, 5) is 19.7. The van der Waals surface area contributed by atoms with Crippen LogP contribution in [-0.2, 0) is 15.7 Å². The molecule has 0 spiro atoms. The fourth-order valence-electron chi connectivity index (χ4n) is 2.88. The summed E-state index contributed by atoms with van der Waals surface area (Å²) >= 11 is 5.98. The SMILES string of the molecule is O=C([C@@H]1CNCCO1)N1CCN(c2ncc(C(F)(F)F)cc2Cl)CC1. The van der Waals surface area contributed by atoms with Crippen LogP contribution in [-0.4, -0.2) is 67.8 Å². The number of aromatic nitrogens is 1. The van der Waals surface area contributed by atoms with Gasteiger partial charge in [-0.3, -0.25) is 4.79 Å². The van der Waals surface area contributed by atoms with Crippen LogP contribution in [0.15, 0.2) is 12.3 Å². The molecular weight excluding hydrogens is 361 g/mol. The molecule has 2 saturated heterocycles. The number of alkyl halides is 3. The van der Waals surface area contributed by atoms with Crippen molar-refractivity contribution >= 4 is 23.3 Å². The van der Waals surface area contributed by atoms with Crippen molar-refractivity contribution in [3.05, 3.63) is 22.8 Å². The largest absolute Gasteiger partial charge is 0.417 e. The molecule has 6 nitrogen and oxygen atoms in total. The first kappa shape index (κ1) is 18.2. The Kier molecular flexibility index (Phi) is 5.35. The number of halogens is 4. The van der Waals surface area contributed by atoms with E-state index in [9.17, 15) is 18.0 Å². The van der Waals surface area contributed by atoms with Crippen molar-refractivity contribution in [3.8, 4) is 0 Å². The summed E-state index contributed by atoms with van der Waals surface area (Å²) < 4.78 is 43.5. The maximum absolute atomic E-state index is 12.7. The van der Waals surface area contributed by atoms with Crippen molar-refractivity contribution in [3.63, 3.8) is 0 Å². The Morgan fingerprint density at radius 3 is 2.60 bits per heavy atom. The summed E-state index contributed by atoms with van der Waals surface area (Å²) in [5.41, 5.74) is -0.878. The third-order valence-electron chi connectivity index (χ3n) is 4.24. The van der Waals surface area contributed by atoms with Gasteiger partial charge >= 0.3 is 6.18 Å². The van der Waals surface area contributed by atoms with Crippen LogP contribution in [0.1, 0.15) is 5.56 Å². The van der Waals surface area contributed by atoms with Crippen molar-refractivity contribution in [2.24, 2.45) is 0 Å². The zero-order valence-electron chi connectivity index (χ0n) is 13.4. The van der Waals surface area contributed by atoms with Gasteiger partial charge < -0.3 is 19.9 Å². The van der Waals surface area contributed by atoms with E-state index in [1.54, 1.807) is 9.80 Å². The Hall–Kier alpha value is -1.58. The normalized spacial score (nSPS) is 22.2. The van der Waals surface area contributed by atoms with Gasteiger partial charge in [0.2, 0.25) is 0 Å². The van der Waals surface area contributed by atoms with E-state index >= 15 is 0 Å². The highest BCUT2D eigenvalue weighted by Gasteiger charge is 2.33. The third kappa shape index (κ3) is 4.16. The molecule has 2 aliphatic heterocycles. The Morgan fingerprint density at radius 2 is 2.04 bits per heavy atom. The quantitative estimate of drug-likeness (QED) is 0.843. The van der Waals surface area contributed by atoms with E-state index in [0.717, 1.165) is 18.8 Å². The highest BCUT2D eigenvalue weighted by atomic mass is 35.5. The minimum atomic E-state index is -4.48. The lowest BCUT2D eigenvalue weighted by atomic mass is 10.2. The Bertz CT molecular complexity index is 630. The van der Waals surface area contributed by atoms with Crippen LogP contribution in [0.25, 0.3) is 0 Å². The zero-order valence-corrected chi connectivity index (χ0v) is 14.1. The number of nitrogens with one attached hydrogen (secondary N) is 1. The molecule has 1 N–H and O–H groups in total. The predicted molar refractivity (Wildman–Crippen MR) is 85.7 cm³/mol. The number of amides is 1. The molecule has 2 fully saturated rings. The van der Waals surface area contributed by atoms with E-state index in [1.165, 1.54) is 0 Å². The fourth-order valence-corrected chi connectivity index (χ4v) is 3.17. The first-order chi connectivity index (χ1) is 11.9. The number of carbonyl (C=O) groups excluding carboxylic acids is 1. The molecule has 1 aromatic heterocycles. The molecule has 0 bridgehead atoms. The highest BCUT2D eigenvalue weighted by Crippen LogP contribution is 2.33. The lowest BCUT2D eigenvalue weighted by molar-refractivity contribution is -0.145. The van der Waals surface area contributed by atoms with Crippen LogP contribution in [0.4, 0.5) is 19.0 Å². The third-order valence-corrected chi connectivity index (χ3v) is 4.52. The summed E-state index contributed by atoms with van der Waals surface area (Å²) in [6.45, 7) is 3.51. The lowest BCUT2D eigenvalue weighted by Crippen LogP contribution is -2.55. The molecule has 3 rings (SSSR count). The molecular formula is C15H18ClF3N4O2. The van der Waals surface area contributed by atoms with E-state index in [2.05, 4.69) is 10.3 Å². The maximum Gasteiger partial charge on any atom is 0.417 e. The molecule has 138 valence electrons. The average Bonchev–Trinajstić information content (AvgIpc) is 2.61. The summed E-state index contributed by atoms with van der Waals surface area (Å²) in [6.07, 6.45) is -4.18. The molecule has 0 aliphatic carbocycles. The number of nitrogens with zero attached hydrogens (tertiary/aromatic N) is 3. The van der Waals surface area contributed by atoms with Gasteiger partial charge in [0.25, 0.3) is 5.91 Å². The van der Waals surface area contributed by atoms with Crippen molar-refractivity contribution in [1.29, 1.82) is 0 Å². The molecule has 0 aromatic carbocycles. The Labute approximate surface area is 147 Å². The van der Waals surface area contributed by atoms with Gasteiger partial charge in [0.15, 0.2) is 0 Å². The van der Waals surface area contributed by atoms with Crippen LogP contribution in [0.2, 0.25) is 5.02 Å². The monoisotopic (exact) mass is 378 g/mol. The topological polar surface area (TPSA) is 57.7 Å². The number of morpholine rings is 1. The Morgan fingerprint density at radius 1 is 1.32 bits per heavy atom. The van der Waals surface area contributed by atoms with Crippen molar-refractivity contribution in [2.45, 2.75) is 12.3 Å². The number of carbonyl (C=O) groups is 1. The molecule has 3 heterocycles. The van der Waals surface area contributed by atoms with E-state index in [0.29, 0.717) is 45.1 Å². The highest BCUT2D eigenvalue weighted by molar-refractivity contribution is 6.33. The van der Waals surface area contributed by atoms with Gasteiger partial charge in [-0.2, -0.15) is 13.2 Å². The number of ether oxygens (including phenoxy) is 1. The predicted octanol–water partition coefficient (Wildman–Crippen LogP) is 1.39. The van der Waals surface area contributed by atoms with Gasteiger partial charge in [0, 0.05) is 45.5 Å². The van der Waals surface area contributed by atoms with Crippen LogP contribution < -0.4 is 10.2 Å². The van der Waals surface area contributed by atoms with Gasteiger partial charge in [0.1, 0.15) is 11.9 Å². The Balaban J connectivity index is 1.61. The average molecular weight is 379 g/mol. The molecule has 0 unspecified atom stereocenters. The van der Waals surface area contributed by atoms with E-state index in [-0.39, 0.29) is 10.9 Å². The van der Waals surface area contributed by atoms with E-state index in [1.807, 2.05) is 0 Å². The molecule has 1 aromatic rings. The van der Waals surface area contributed by atoms with Crippen molar-refractivity contribution in [1.82, 2.24) is 15.2 Å². The summed E-state index contributed by atoms with van der Waals surface area (Å²) in [5, 5.41) is 3.07. The van der Waals surface area contributed by atoms with Crippen molar-refractivity contribution < 1.29 is 22.7 Å². The molecule has 0 saturated carbocycles. The molecule has 0 radical (unpaired) electrons. The summed E-state index contributed by atoms with van der Waals surface area (Å²) in [5.74, 6) is 0.232. The molecule has 2 aliphatic rings. The van der Waals surface area contributed by atoms with Crippen molar-refractivity contribution in [2.75, 3.05) is 50.8 Å². The molecule has 1 amide bonds. The standard InChI is InChI=1S/C15H18ClF3N4O2/c16-11-7-10(15(17,18)19)8-21-13(11)22-2-4-23(5-3-22)14(24)12-9-20-1-6-25-12/h7-8,12,20H,1-6,9H2/t12-/m0/s1. The van der Waals surface area contributed by atoms with Crippen LogP contribution >= 0.6 is 11.6 Å². The van der Waals surface area contributed by atoms with Crippen LogP contribution in [0.5, 0.6) is 0 Å². The first-order valence-electron chi connectivity index (χ1n) is 7.95. The van der Waals surface area contributed by atoms with E-state index < -0.39 is 17.8 Å². The van der Waals surface area contributed by atoms with E-state index in [4.69, 9.17) is 16.3 Å². The second-order valence-corrected chi connectivity index (χ2v) is 6.31. The number of piperazine rings is 1. The smallest absolute Gasteiger partial charge is 0.366 e. The number of anilines is 1. The fraction of sp³-hybridized carbons (Fsp3) is 0.600. The number of hydrogen-bond donors (Lipinski definition) is 1. The summed E-state index contributed by atoms with van der Waals surface area (Å²) in [6, 6.07) is 0.878. The number of pyridine rings is 1. The number of rotatable bonds is 2. The first-order valence-corrected chi connectivity index (χ1v) is 8.33. The summed E-state index contributed by atoms with van der Waals surface area (Å²) in [7, 11) is 0. The maximum atomic E-state index is 12.7. The molecule has 10 heteroatoms. The molecule has 1 atom stereocenters. The zero-order chi connectivity index (χ0) is 18.0.